The Morgan fingerprint density at radius 2 is 1.60 bits per heavy atom. The van der Waals surface area contributed by atoms with Crippen molar-refractivity contribution in [2.24, 2.45) is 0 Å². The number of nitrogens with zero attached hydrogens (tertiary/aromatic N) is 1. The average Bonchev–Trinajstić information content (AvgIpc) is 2.68. The lowest BCUT2D eigenvalue weighted by Gasteiger charge is -2.36. The molecule has 6 nitrogen and oxygen atoms in total. The minimum Gasteiger partial charge on any atom is -0.372 e. The lowest BCUT2D eigenvalue weighted by molar-refractivity contribution is -0.00521. The molecule has 1 N–H and O–H groups in total. The van der Waals surface area contributed by atoms with Crippen LogP contribution < -0.4 is 10.2 Å². The summed E-state index contributed by atoms with van der Waals surface area (Å²) in [5, 5.41) is 2.47. The number of carbonyl (C=O) groups is 1. The van der Waals surface area contributed by atoms with E-state index in [9.17, 15) is 13.2 Å². The van der Waals surface area contributed by atoms with Crippen molar-refractivity contribution in [3.8, 4) is 0 Å². The van der Waals surface area contributed by atoms with Gasteiger partial charge in [0, 0.05) is 30.0 Å². The SMILES string of the molecule is CC(C)S(=O)(=O)Cc1ccc(C(=O)Nc2ccc(N3C[C@@H](C)O[C@@H](C)C3)cc2)cc1. The van der Waals surface area contributed by atoms with Crippen molar-refractivity contribution in [3.05, 3.63) is 59.7 Å². The summed E-state index contributed by atoms with van der Waals surface area (Å²) in [6.07, 6.45) is 0.373. The number of amides is 1. The zero-order chi connectivity index (χ0) is 21.9. The summed E-state index contributed by atoms with van der Waals surface area (Å²) in [5.74, 6) is -0.248. The van der Waals surface area contributed by atoms with Crippen LogP contribution >= 0.6 is 0 Å². The van der Waals surface area contributed by atoms with Gasteiger partial charge in [-0.05, 0) is 69.7 Å². The molecule has 0 spiro atoms. The molecule has 3 rings (SSSR count). The predicted molar refractivity (Wildman–Crippen MR) is 121 cm³/mol. The van der Waals surface area contributed by atoms with E-state index < -0.39 is 15.1 Å². The Morgan fingerprint density at radius 1 is 1.03 bits per heavy atom. The molecule has 1 heterocycles. The quantitative estimate of drug-likeness (QED) is 0.753. The number of sulfone groups is 1. The first-order valence-electron chi connectivity index (χ1n) is 10.3. The topological polar surface area (TPSA) is 75.7 Å². The summed E-state index contributed by atoms with van der Waals surface area (Å²) in [7, 11) is -3.17. The lowest BCUT2D eigenvalue weighted by Crippen LogP contribution is -2.45. The Bertz CT molecular complexity index is 959. The second kappa shape index (κ2) is 9.18. The first-order chi connectivity index (χ1) is 14.1. The third-order valence-electron chi connectivity index (χ3n) is 5.21. The first kappa shape index (κ1) is 22.3. The Balaban J connectivity index is 1.62. The fourth-order valence-corrected chi connectivity index (χ4v) is 4.49. The maximum Gasteiger partial charge on any atom is 0.255 e. The maximum absolute atomic E-state index is 12.5. The van der Waals surface area contributed by atoms with Crippen LogP contribution in [0.2, 0.25) is 0 Å². The van der Waals surface area contributed by atoms with Crippen LogP contribution in [0.1, 0.15) is 43.6 Å². The number of morpholine rings is 1. The average molecular weight is 431 g/mol. The third kappa shape index (κ3) is 5.61. The number of nitrogens with one attached hydrogen (secondary N) is 1. The molecule has 0 radical (unpaired) electrons. The summed E-state index contributed by atoms with van der Waals surface area (Å²) >= 11 is 0. The van der Waals surface area contributed by atoms with Crippen LogP contribution in [0.4, 0.5) is 11.4 Å². The van der Waals surface area contributed by atoms with Crippen molar-refractivity contribution in [3.63, 3.8) is 0 Å². The molecular formula is C23H30N2O4S. The summed E-state index contributed by atoms with van der Waals surface area (Å²) in [6, 6.07) is 14.5. The van der Waals surface area contributed by atoms with E-state index in [1.807, 2.05) is 24.3 Å². The number of carbonyl (C=O) groups excluding carboxylic acids is 1. The molecule has 1 aliphatic rings. The highest BCUT2D eigenvalue weighted by Gasteiger charge is 2.22. The van der Waals surface area contributed by atoms with Crippen LogP contribution in [0.5, 0.6) is 0 Å². The Hall–Kier alpha value is -2.38. The number of ether oxygens (including phenoxy) is 1. The third-order valence-corrected chi connectivity index (χ3v) is 7.38. The highest BCUT2D eigenvalue weighted by atomic mass is 32.2. The largest absolute Gasteiger partial charge is 0.372 e. The molecule has 1 fully saturated rings. The standard InChI is InChI=1S/C23H30N2O4S/c1-16(2)30(27,28)15-19-5-7-20(8-6-19)23(26)24-21-9-11-22(12-10-21)25-13-17(3)29-18(4)14-25/h5-12,16-18H,13-15H2,1-4H3,(H,24,26)/t17-,18+. The Labute approximate surface area is 179 Å². The monoisotopic (exact) mass is 430 g/mol. The molecule has 0 saturated carbocycles. The van der Waals surface area contributed by atoms with Gasteiger partial charge in [-0.3, -0.25) is 4.79 Å². The van der Waals surface area contributed by atoms with E-state index in [1.165, 1.54) is 0 Å². The van der Waals surface area contributed by atoms with Gasteiger partial charge >= 0.3 is 0 Å². The van der Waals surface area contributed by atoms with Gasteiger partial charge in [-0.1, -0.05) is 12.1 Å². The molecular weight excluding hydrogens is 400 g/mol. The number of hydrogen-bond donors (Lipinski definition) is 1. The summed E-state index contributed by atoms with van der Waals surface area (Å²) in [6.45, 7) is 9.16. The van der Waals surface area contributed by atoms with Crippen molar-refractivity contribution in [2.45, 2.75) is 50.9 Å². The molecule has 0 aromatic heterocycles. The molecule has 2 aromatic carbocycles. The lowest BCUT2D eigenvalue weighted by atomic mass is 10.1. The van der Waals surface area contributed by atoms with Crippen LogP contribution in [0, 0.1) is 0 Å². The summed E-state index contributed by atoms with van der Waals surface area (Å²) in [5.41, 5.74) is 2.98. The molecule has 162 valence electrons. The van der Waals surface area contributed by atoms with E-state index in [-0.39, 0.29) is 23.9 Å². The molecule has 0 unspecified atom stereocenters. The molecule has 2 aromatic rings. The molecule has 0 aliphatic carbocycles. The molecule has 30 heavy (non-hydrogen) atoms. The van der Waals surface area contributed by atoms with Gasteiger partial charge in [-0.2, -0.15) is 0 Å². The number of benzene rings is 2. The molecule has 1 amide bonds. The van der Waals surface area contributed by atoms with Gasteiger partial charge < -0.3 is 15.0 Å². The second-order valence-electron chi connectivity index (χ2n) is 8.22. The van der Waals surface area contributed by atoms with Crippen LogP contribution in [-0.4, -0.2) is 44.9 Å². The van der Waals surface area contributed by atoms with Gasteiger partial charge in [0.05, 0.1) is 23.2 Å². The highest BCUT2D eigenvalue weighted by Crippen LogP contribution is 2.23. The van der Waals surface area contributed by atoms with Crippen LogP contribution in [0.15, 0.2) is 48.5 Å². The van der Waals surface area contributed by atoms with Crippen molar-refractivity contribution >= 4 is 27.1 Å². The van der Waals surface area contributed by atoms with E-state index in [1.54, 1.807) is 38.1 Å². The number of rotatable bonds is 6. The fourth-order valence-electron chi connectivity index (χ4n) is 3.50. The highest BCUT2D eigenvalue weighted by molar-refractivity contribution is 7.91. The van der Waals surface area contributed by atoms with Gasteiger partial charge in [0.1, 0.15) is 0 Å². The normalized spacial score (nSPS) is 19.7. The zero-order valence-corrected chi connectivity index (χ0v) is 18.8. The minimum atomic E-state index is -3.17. The zero-order valence-electron chi connectivity index (χ0n) is 18.0. The van der Waals surface area contributed by atoms with Gasteiger partial charge in [0.2, 0.25) is 0 Å². The predicted octanol–water partition coefficient (Wildman–Crippen LogP) is 3.88. The first-order valence-corrected chi connectivity index (χ1v) is 12.0. The minimum absolute atomic E-state index is 0.0210. The molecule has 1 aliphatic heterocycles. The van der Waals surface area contributed by atoms with E-state index in [2.05, 4.69) is 24.1 Å². The van der Waals surface area contributed by atoms with Gasteiger partial charge in [-0.25, -0.2) is 8.42 Å². The van der Waals surface area contributed by atoms with Crippen molar-refractivity contribution < 1.29 is 17.9 Å². The van der Waals surface area contributed by atoms with Crippen molar-refractivity contribution in [2.75, 3.05) is 23.3 Å². The molecule has 2 atom stereocenters. The Morgan fingerprint density at radius 3 is 2.13 bits per heavy atom. The maximum atomic E-state index is 12.5. The molecule has 1 saturated heterocycles. The Kier molecular flexibility index (Phi) is 6.83. The van der Waals surface area contributed by atoms with E-state index in [0.29, 0.717) is 16.8 Å². The van der Waals surface area contributed by atoms with Crippen LogP contribution in [0.3, 0.4) is 0 Å². The number of anilines is 2. The van der Waals surface area contributed by atoms with Crippen molar-refractivity contribution in [1.29, 1.82) is 0 Å². The van der Waals surface area contributed by atoms with Crippen LogP contribution in [-0.2, 0) is 20.3 Å². The second-order valence-corrected chi connectivity index (χ2v) is 10.8. The number of hydrogen-bond acceptors (Lipinski definition) is 5. The van der Waals surface area contributed by atoms with Gasteiger partial charge in [0.15, 0.2) is 9.84 Å². The van der Waals surface area contributed by atoms with Crippen LogP contribution in [0.25, 0.3) is 0 Å². The molecule has 7 heteroatoms. The van der Waals surface area contributed by atoms with E-state index >= 15 is 0 Å². The summed E-state index contributed by atoms with van der Waals surface area (Å²) in [4.78, 5) is 14.8. The van der Waals surface area contributed by atoms with Gasteiger partial charge in [-0.15, -0.1) is 0 Å². The van der Waals surface area contributed by atoms with E-state index in [4.69, 9.17) is 4.74 Å². The fraction of sp³-hybridized carbons (Fsp3) is 0.435. The van der Waals surface area contributed by atoms with E-state index in [0.717, 1.165) is 18.8 Å². The van der Waals surface area contributed by atoms with Crippen molar-refractivity contribution in [1.82, 2.24) is 0 Å². The van der Waals surface area contributed by atoms with Gasteiger partial charge in [0.25, 0.3) is 5.91 Å². The summed E-state index contributed by atoms with van der Waals surface area (Å²) < 4.78 is 29.9. The smallest absolute Gasteiger partial charge is 0.255 e. The molecule has 0 bridgehead atoms.